The number of phenolic OH excluding ortho intramolecular Hbond substituents is 1. The predicted molar refractivity (Wildman–Crippen MR) is 85.3 cm³/mol. The van der Waals surface area contributed by atoms with Crippen molar-refractivity contribution in [3.05, 3.63) is 59.7 Å². The summed E-state index contributed by atoms with van der Waals surface area (Å²) in [4.78, 5) is 2.42. The van der Waals surface area contributed by atoms with Crippen LogP contribution >= 0.6 is 0 Å². The maximum atomic E-state index is 9.45. The van der Waals surface area contributed by atoms with Crippen molar-refractivity contribution >= 4 is 5.69 Å². The normalized spacial score (nSPS) is 12.2. The zero-order chi connectivity index (χ0) is 14.5. The summed E-state index contributed by atoms with van der Waals surface area (Å²) in [5, 5.41) is 9.45. The van der Waals surface area contributed by atoms with Crippen LogP contribution in [0.15, 0.2) is 48.5 Å². The van der Waals surface area contributed by atoms with E-state index >= 15 is 0 Å². The second-order valence-electron chi connectivity index (χ2n) is 5.14. The highest BCUT2D eigenvalue weighted by molar-refractivity contribution is 5.51. The number of phenols is 1. The van der Waals surface area contributed by atoms with Crippen molar-refractivity contribution in [2.45, 2.75) is 33.2 Å². The third kappa shape index (κ3) is 3.13. The van der Waals surface area contributed by atoms with E-state index in [0.717, 1.165) is 13.0 Å². The molecular weight excluding hydrogens is 246 g/mol. The summed E-state index contributed by atoms with van der Waals surface area (Å²) < 4.78 is 0. The summed E-state index contributed by atoms with van der Waals surface area (Å²) in [7, 11) is 0. The Bertz CT molecular complexity index is 548. The van der Waals surface area contributed by atoms with Crippen LogP contribution in [0.3, 0.4) is 0 Å². The third-order valence-electron chi connectivity index (χ3n) is 3.71. The smallest absolute Gasteiger partial charge is 0.115 e. The van der Waals surface area contributed by atoms with Crippen molar-refractivity contribution < 1.29 is 5.11 Å². The number of hydrogen-bond acceptors (Lipinski definition) is 2. The second-order valence-corrected chi connectivity index (χ2v) is 5.14. The summed E-state index contributed by atoms with van der Waals surface area (Å²) in [6, 6.07) is 16.5. The Morgan fingerprint density at radius 1 is 1.05 bits per heavy atom. The van der Waals surface area contributed by atoms with E-state index in [0.29, 0.717) is 11.8 Å². The Balaban J connectivity index is 2.34. The molecular formula is C18H23NO. The minimum Gasteiger partial charge on any atom is -0.508 e. The van der Waals surface area contributed by atoms with Gasteiger partial charge in [0.05, 0.1) is 6.04 Å². The fourth-order valence-electron chi connectivity index (χ4n) is 2.72. The highest BCUT2D eigenvalue weighted by atomic mass is 16.3. The van der Waals surface area contributed by atoms with Crippen molar-refractivity contribution in [3.8, 4) is 5.75 Å². The Morgan fingerprint density at radius 3 is 2.30 bits per heavy atom. The molecule has 1 N–H and O–H groups in total. The maximum Gasteiger partial charge on any atom is 0.115 e. The molecule has 0 amide bonds. The molecule has 2 aromatic carbocycles. The minimum absolute atomic E-state index is 0.321. The molecule has 0 saturated heterocycles. The molecule has 2 aromatic rings. The fourth-order valence-corrected chi connectivity index (χ4v) is 2.72. The van der Waals surface area contributed by atoms with Crippen molar-refractivity contribution in [2.75, 3.05) is 11.4 Å². The monoisotopic (exact) mass is 269 g/mol. The van der Waals surface area contributed by atoms with Gasteiger partial charge in [-0.05, 0) is 55.7 Å². The van der Waals surface area contributed by atoms with Crippen LogP contribution in [0.1, 0.15) is 37.4 Å². The Labute approximate surface area is 121 Å². The summed E-state index contributed by atoms with van der Waals surface area (Å²) in [6.45, 7) is 7.48. The van der Waals surface area contributed by atoms with Gasteiger partial charge in [0.2, 0.25) is 0 Å². The molecule has 20 heavy (non-hydrogen) atoms. The van der Waals surface area contributed by atoms with Gasteiger partial charge in [0.15, 0.2) is 0 Å². The number of rotatable bonds is 5. The Morgan fingerprint density at radius 2 is 1.75 bits per heavy atom. The molecule has 1 atom stereocenters. The number of anilines is 1. The van der Waals surface area contributed by atoms with Crippen LogP contribution in [0.4, 0.5) is 5.69 Å². The summed E-state index contributed by atoms with van der Waals surface area (Å²) in [5.74, 6) is 0.321. The van der Waals surface area contributed by atoms with Crippen LogP contribution in [-0.4, -0.2) is 11.7 Å². The highest BCUT2D eigenvalue weighted by Crippen LogP contribution is 2.30. The lowest BCUT2D eigenvalue weighted by Gasteiger charge is -2.33. The van der Waals surface area contributed by atoms with Crippen LogP contribution in [0.5, 0.6) is 5.75 Å². The summed E-state index contributed by atoms with van der Waals surface area (Å²) in [6.07, 6.45) is 1.03. The van der Waals surface area contributed by atoms with Gasteiger partial charge in [0.1, 0.15) is 5.75 Å². The maximum absolute atomic E-state index is 9.45. The molecule has 0 bridgehead atoms. The van der Waals surface area contributed by atoms with Crippen LogP contribution in [0, 0.1) is 6.92 Å². The lowest BCUT2D eigenvalue weighted by atomic mass is 10.0. The van der Waals surface area contributed by atoms with E-state index in [1.807, 2.05) is 12.1 Å². The molecule has 106 valence electrons. The Hall–Kier alpha value is -1.96. The predicted octanol–water partition coefficient (Wildman–Crippen LogP) is 4.68. The van der Waals surface area contributed by atoms with Gasteiger partial charge in [-0.3, -0.25) is 0 Å². The van der Waals surface area contributed by atoms with Gasteiger partial charge in [-0.25, -0.2) is 0 Å². The molecule has 2 rings (SSSR count). The summed E-state index contributed by atoms with van der Waals surface area (Å²) in [5.41, 5.74) is 3.78. The molecule has 0 aliphatic carbocycles. The largest absolute Gasteiger partial charge is 0.508 e. The van der Waals surface area contributed by atoms with Gasteiger partial charge in [0.25, 0.3) is 0 Å². The van der Waals surface area contributed by atoms with E-state index in [-0.39, 0.29) is 0 Å². The van der Waals surface area contributed by atoms with Crippen molar-refractivity contribution in [1.82, 2.24) is 0 Å². The van der Waals surface area contributed by atoms with Gasteiger partial charge in [-0.1, -0.05) is 31.2 Å². The van der Waals surface area contributed by atoms with E-state index in [4.69, 9.17) is 0 Å². The van der Waals surface area contributed by atoms with Crippen molar-refractivity contribution in [1.29, 1.82) is 0 Å². The molecule has 0 aromatic heterocycles. The molecule has 0 heterocycles. The molecule has 0 aliphatic heterocycles. The first-order chi connectivity index (χ1) is 9.65. The zero-order valence-electron chi connectivity index (χ0n) is 12.5. The topological polar surface area (TPSA) is 23.5 Å². The standard InChI is InChI=1S/C18H23NO/c1-4-18(15-9-11-17(20)12-10-15)19(5-2)16-8-6-7-14(3)13-16/h6-13,18,20H,4-5H2,1-3H3. The number of aryl methyl sites for hydroxylation is 1. The van der Waals surface area contributed by atoms with Crippen LogP contribution < -0.4 is 4.90 Å². The van der Waals surface area contributed by atoms with Crippen molar-refractivity contribution in [2.24, 2.45) is 0 Å². The van der Waals surface area contributed by atoms with Gasteiger partial charge in [-0.2, -0.15) is 0 Å². The van der Waals surface area contributed by atoms with Crippen LogP contribution in [0.25, 0.3) is 0 Å². The fraction of sp³-hybridized carbons (Fsp3) is 0.333. The molecule has 0 aliphatic rings. The van der Waals surface area contributed by atoms with E-state index in [9.17, 15) is 5.11 Å². The van der Waals surface area contributed by atoms with E-state index in [1.54, 1.807) is 12.1 Å². The highest BCUT2D eigenvalue weighted by Gasteiger charge is 2.17. The minimum atomic E-state index is 0.321. The van der Waals surface area contributed by atoms with Crippen molar-refractivity contribution in [3.63, 3.8) is 0 Å². The van der Waals surface area contributed by atoms with Gasteiger partial charge in [-0.15, -0.1) is 0 Å². The first-order valence-corrected chi connectivity index (χ1v) is 7.28. The number of aromatic hydroxyl groups is 1. The van der Waals surface area contributed by atoms with Gasteiger partial charge >= 0.3 is 0 Å². The number of hydrogen-bond donors (Lipinski definition) is 1. The number of nitrogens with zero attached hydrogens (tertiary/aromatic N) is 1. The zero-order valence-corrected chi connectivity index (χ0v) is 12.5. The summed E-state index contributed by atoms with van der Waals surface area (Å²) >= 11 is 0. The average molecular weight is 269 g/mol. The molecule has 2 heteroatoms. The Kier molecular flexibility index (Phi) is 4.67. The molecule has 0 fully saturated rings. The molecule has 0 saturated carbocycles. The lowest BCUT2D eigenvalue weighted by Crippen LogP contribution is -2.28. The quantitative estimate of drug-likeness (QED) is 0.852. The van der Waals surface area contributed by atoms with E-state index in [1.165, 1.54) is 16.8 Å². The van der Waals surface area contributed by atoms with Crippen LogP contribution in [0.2, 0.25) is 0 Å². The SMILES string of the molecule is CCC(c1ccc(O)cc1)N(CC)c1cccc(C)c1. The third-order valence-corrected chi connectivity index (χ3v) is 3.71. The lowest BCUT2D eigenvalue weighted by molar-refractivity contribution is 0.474. The molecule has 1 unspecified atom stereocenters. The van der Waals surface area contributed by atoms with E-state index in [2.05, 4.69) is 49.9 Å². The van der Waals surface area contributed by atoms with E-state index < -0.39 is 0 Å². The van der Waals surface area contributed by atoms with Gasteiger partial charge in [0, 0.05) is 12.2 Å². The number of benzene rings is 2. The van der Waals surface area contributed by atoms with Crippen LogP contribution in [-0.2, 0) is 0 Å². The first-order valence-electron chi connectivity index (χ1n) is 7.28. The molecule has 0 radical (unpaired) electrons. The van der Waals surface area contributed by atoms with Gasteiger partial charge < -0.3 is 10.0 Å². The molecule has 2 nitrogen and oxygen atoms in total. The first kappa shape index (κ1) is 14.4. The molecule has 0 spiro atoms. The average Bonchev–Trinajstić information content (AvgIpc) is 2.46. The second kappa shape index (κ2) is 6.47.